The number of hydrogen-bond donors (Lipinski definition) is 0. The summed E-state index contributed by atoms with van der Waals surface area (Å²) in [5.41, 5.74) is -1.63. The zero-order valence-electron chi connectivity index (χ0n) is 17.5. The maximum absolute atomic E-state index is 13.8. The molecular weight excluding hydrogens is 385 g/mol. The lowest BCUT2D eigenvalue weighted by molar-refractivity contribution is -0.168. The molecule has 0 amide bonds. The van der Waals surface area contributed by atoms with Crippen molar-refractivity contribution in [3.63, 3.8) is 0 Å². The van der Waals surface area contributed by atoms with Crippen molar-refractivity contribution >= 4 is 11.9 Å². The minimum Gasteiger partial charge on any atom is -0.465 e. The van der Waals surface area contributed by atoms with E-state index in [1.807, 2.05) is 0 Å². The molecule has 0 spiro atoms. The molecule has 164 valence electrons. The van der Waals surface area contributed by atoms with Crippen LogP contribution in [0.15, 0.2) is 12.1 Å². The van der Waals surface area contributed by atoms with Crippen molar-refractivity contribution in [3.8, 4) is 5.75 Å². The summed E-state index contributed by atoms with van der Waals surface area (Å²) in [5.74, 6) is -7.31. The van der Waals surface area contributed by atoms with Gasteiger partial charge in [0.2, 0.25) is 5.82 Å². The molecule has 1 aromatic rings. The normalized spacial score (nSPS) is 11.4. The van der Waals surface area contributed by atoms with Gasteiger partial charge in [0.25, 0.3) is 0 Å². The minimum atomic E-state index is -1.74. The van der Waals surface area contributed by atoms with Crippen LogP contribution in [0.2, 0.25) is 0 Å². The predicted octanol–water partition coefficient (Wildman–Crippen LogP) is 6.11. The Morgan fingerprint density at radius 1 is 0.828 bits per heavy atom. The molecule has 0 unspecified atom stereocenters. The number of rotatable bonds is 13. The molecule has 0 fully saturated rings. The number of ether oxygens (including phenoxy) is 2. The van der Waals surface area contributed by atoms with Gasteiger partial charge in [-0.2, -0.15) is 4.39 Å². The largest absolute Gasteiger partial charge is 0.465 e. The summed E-state index contributed by atoms with van der Waals surface area (Å²) >= 11 is 0. The molecule has 0 saturated heterocycles. The molecule has 0 heterocycles. The maximum atomic E-state index is 13.8. The van der Waals surface area contributed by atoms with Crippen molar-refractivity contribution in [1.82, 2.24) is 0 Å². The zero-order valence-corrected chi connectivity index (χ0v) is 17.5. The molecule has 0 N–H and O–H groups in total. The lowest BCUT2D eigenvalue weighted by Crippen LogP contribution is -2.42. The van der Waals surface area contributed by atoms with Gasteiger partial charge in [-0.15, -0.1) is 0 Å². The highest BCUT2D eigenvalue weighted by atomic mass is 19.2. The van der Waals surface area contributed by atoms with Crippen LogP contribution in [0.25, 0.3) is 0 Å². The monoisotopic (exact) mass is 416 g/mol. The standard InChI is InChI=1S/C22H31F3O4/c1-4-7-8-9-10-11-12-15-28-20(26)22(5-2,6-3)21(27)29-17-14-13-16(23)18(24)19(17)25/h13-14H,4-12,15H2,1-3H3. The first-order valence-electron chi connectivity index (χ1n) is 10.4. The third kappa shape index (κ3) is 6.75. The number of esters is 2. The van der Waals surface area contributed by atoms with Crippen molar-refractivity contribution in [2.45, 2.75) is 78.6 Å². The second-order valence-corrected chi connectivity index (χ2v) is 7.11. The number of carbonyl (C=O) groups excluding carboxylic acids is 2. The number of carbonyl (C=O) groups is 2. The third-order valence-corrected chi connectivity index (χ3v) is 5.17. The second-order valence-electron chi connectivity index (χ2n) is 7.11. The molecule has 0 aliphatic heterocycles. The Bertz CT molecular complexity index is 672. The van der Waals surface area contributed by atoms with Crippen LogP contribution in [-0.4, -0.2) is 18.5 Å². The molecule has 0 aliphatic rings. The van der Waals surface area contributed by atoms with Crippen molar-refractivity contribution in [2.24, 2.45) is 5.41 Å². The maximum Gasteiger partial charge on any atom is 0.328 e. The van der Waals surface area contributed by atoms with Gasteiger partial charge in [-0.1, -0.05) is 59.3 Å². The van der Waals surface area contributed by atoms with E-state index < -0.39 is 40.6 Å². The fourth-order valence-corrected chi connectivity index (χ4v) is 3.06. The van der Waals surface area contributed by atoms with Gasteiger partial charge in [-0.25, -0.2) is 8.78 Å². The third-order valence-electron chi connectivity index (χ3n) is 5.17. The summed E-state index contributed by atoms with van der Waals surface area (Å²) < 4.78 is 50.4. The Hall–Kier alpha value is -2.05. The van der Waals surface area contributed by atoms with Gasteiger partial charge in [0.05, 0.1) is 6.61 Å². The van der Waals surface area contributed by atoms with Crippen LogP contribution < -0.4 is 4.74 Å². The van der Waals surface area contributed by atoms with Gasteiger partial charge in [0.1, 0.15) is 0 Å². The number of halogens is 3. The topological polar surface area (TPSA) is 52.6 Å². The number of hydrogen-bond acceptors (Lipinski definition) is 4. The fourth-order valence-electron chi connectivity index (χ4n) is 3.06. The van der Waals surface area contributed by atoms with E-state index in [2.05, 4.69) is 6.92 Å². The van der Waals surface area contributed by atoms with Gasteiger partial charge in [0.15, 0.2) is 22.8 Å². The molecule has 29 heavy (non-hydrogen) atoms. The average molecular weight is 416 g/mol. The van der Waals surface area contributed by atoms with E-state index in [4.69, 9.17) is 9.47 Å². The molecule has 0 saturated carbocycles. The van der Waals surface area contributed by atoms with Gasteiger partial charge in [0, 0.05) is 0 Å². The molecule has 0 aromatic heterocycles. The molecule has 4 nitrogen and oxygen atoms in total. The van der Waals surface area contributed by atoms with Crippen LogP contribution in [0.5, 0.6) is 5.75 Å². The summed E-state index contributed by atoms with van der Waals surface area (Å²) in [6.45, 7) is 5.56. The molecule has 0 atom stereocenters. The highest BCUT2D eigenvalue weighted by Crippen LogP contribution is 2.32. The molecule has 0 aliphatic carbocycles. The van der Waals surface area contributed by atoms with Crippen molar-refractivity contribution < 1.29 is 32.2 Å². The van der Waals surface area contributed by atoms with Crippen molar-refractivity contribution in [2.75, 3.05) is 6.61 Å². The van der Waals surface area contributed by atoms with Crippen LogP contribution in [0.4, 0.5) is 13.2 Å². The van der Waals surface area contributed by atoms with Crippen LogP contribution in [0, 0.1) is 22.9 Å². The smallest absolute Gasteiger partial charge is 0.328 e. The van der Waals surface area contributed by atoms with Gasteiger partial charge in [-0.05, 0) is 31.4 Å². The zero-order chi connectivity index (χ0) is 21.9. The Labute approximate surface area is 170 Å². The second kappa shape index (κ2) is 12.5. The van der Waals surface area contributed by atoms with Crippen LogP contribution >= 0.6 is 0 Å². The van der Waals surface area contributed by atoms with E-state index in [0.717, 1.165) is 25.3 Å². The van der Waals surface area contributed by atoms with E-state index in [1.165, 1.54) is 19.3 Å². The summed E-state index contributed by atoms with van der Waals surface area (Å²) in [6, 6.07) is 1.46. The highest BCUT2D eigenvalue weighted by molar-refractivity contribution is 6.00. The summed E-state index contributed by atoms with van der Waals surface area (Å²) in [7, 11) is 0. The average Bonchev–Trinajstić information content (AvgIpc) is 2.71. The van der Waals surface area contributed by atoms with Gasteiger partial charge in [-0.3, -0.25) is 9.59 Å². The van der Waals surface area contributed by atoms with Crippen molar-refractivity contribution in [1.29, 1.82) is 0 Å². The van der Waals surface area contributed by atoms with Crippen LogP contribution in [0.3, 0.4) is 0 Å². The molecule has 7 heteroatoms. The van der Waals surface area contributed by atoms with Crippen LogP contribution in [-0.2, 0) is 14.3 Å². The molecule has 0 bridgehead atoms. The lowest BCUT2D eigenvalue weighted by atomic mass is 9.82. The molecular formula is C22H31F3O4. The number of unbranched alkanes of at least 4 members (excludes halogenated alkanes) is 6. The Balaban J connectivity index is 2.67. The lowest BCUT2D eigenvalue weighted by Gasteiger charge is -2.26. The minimum absolute atomic E-state index is 0.0729. The summed E-state index contributed by atoms with van der Waals surface area (Å²) in [6.07, 6.45) is 7.54. The van der Waals surface area contributed by atoms with Crippen molar-refractivity contribution in [3.05, 3.63) is 29.6 Å². The Kier molecular flexibility index (Phi) is 10.8. The first-order valence-corrected chi connectivity index (χ1v) is 10.4. The van der Waals surface area contributed by atoms with E-state index in [0.29, 0.717) is 12.5 Å². The summed E-state index contributed by atoms with van der Waals surface area (Å²) in [5, 5.41) is 0. The Morgan fingerprint density at radius 3 is 2.00 bits per heavy atom. The van der Waals surface area contributed by atoms with Crippen LogP contribution in [0.1, 0.15) is 78.6 Å². The van der Waals surface area contributed by atoms with E-state index >= 15 is 0 Å². The van der Waals surface area contributed by atoms with Gasteiger partial charge >= 0.3 is 11.9 Å². The summed E-state index contributed by atoms with van der Waals surface area (Å²) in [4.78, 5) is 25.2. The van der Waals surface area contributed by atoms with E-state index in [-0.39, 0.29) is 19.4 Å². The first kappa shape index (κ1) is 25.0. The highest BCUT2D eigenvalue weighted by Gasteiger charge is 2.46. The quantitative estimate of drug-likeness (QED) is 0.128. The van der Waals surface area contributed by atoms with E-state index in [1.54, 1.807) is 13.8 Å². The fraction of sp³-hybridized carbons (Fsp3) is 0.636. The van der Waals surface area contributed by atoms with E-state index in [9.17, 15) is 22.8 Å². The van der Waals surface area contributed by atoms with Gasteiger partial charge < -0.3 is 9.47 Å². The molecule has 1 aromatic carbocycles. The molecule has 0 radical (unpaired) electrons. The molecule has 1 rings (SSSR count). The first-order chi connectivity index (χ1) is 13.8. The number of benzene rings is 1. The Morgan fingerprint density at radius 2 is 1.41 bits per heavy atom. The predicted molar refractivity (Wildman–Crippen MR) is 104 cm³/mol. The SMILES string of the molecule is CCCCCCCCCOC(=O)C(CC)(CC)C(=O)Oc1ccc(F)c(F)c1F.